The van der Waals surface area contributed by atoms with Gasteiger partial charge in [-0.05, 0) is 44.7 Å². The van der Waals surface area contributed by atoms with Crippen molar-refractivity contribution in [2.45, 2.75) is 44.7 Å². The molecule has 0 bridgehead atoms. The molecule has 0 aromatic heterocycles. The molecule has 25 heavy (non-hydrogen) atoms. The normalized spacial score (nSPS) is 20.0. The van der Waals surface area contributed by atoms with Gasteiger partial charge in [-0.3, -0.25) is 4.79 Å². The van der Waals surface area contributed by atoms with E-state index in [1.807, 2.05) is 12.3 Å². The fraction of sp³-hybridized carbons (Fsp3) is 0.474. The summed E-state index contributed by atoms with van der Waals surface area (Å²) in [6, 6.07) is 5.01. The quantitative estimate of drug-likeness (QED) is 0.662. The van der Waals surface area contributed by atoms with Gasteiger partial charge >= 0.3 is 0 Å². The fourth-order valence-electron chi connectivity index (χ4n) is 3.16. The highest BCUT2D eigenvalue weighted by molar-refractivity contribution is 6.09. The summed E-state index contributed by atoms with van der Waals surface area (Å²) in [6.45, 7) is 2.04. The van der Waals surface area contributed by atoms with Crippen molar-refractivity contribution in [1.29, 1.82) is 5.41 Å². The van der Waals surface area contributed by atoms with Gasteiger partial charge in [-0.2, -0.15) is 0 Å². The highest BCUT2D eigenvalue weighted by atomic mass is 16.5. The Morgan fingerprint density at radius 1 is 1.44 bits per heavy atom. The van der Waals surface area contributed by atoms with Crippen molar-refractivity contribution >= 4 is 23.4 Å². The van der Waals surface area contributed by atoms with Crippen LogP contribution in [0.1, 0.15) is 37.3 Å². The largest absolute Gasteiger partial charge is 0.483 e. The van der Waals surface area contributed by atoms with Crippen molar-refractivity contribution in [3.63, 3.8) is 0 Å². The van der Waals surface area contributed by atoms with Gasteiger partial charge in [0.15, 0.2) is 6.61 Å². The number of benzene rings is 1. The molecule has 1 heterocycles. The van der Waals surface area contributed by atoms with Crippen LogP contribution in [0.15, 0.2) is 18.3 Å². The molecule has 6 nitrogen and oxygen atoms in total. The Bertz CT molecular complexity index is 710. The summed E-state index contributed by atoms with van der Waals surface area (Å²) in [4.78, 5) is 13.5. The molecule has 3 rings (SSSR count). The van der Waals surface area contributed by atoms with Crippen molar-refractivity contribution < 1.29 is 9.53 Å². The van der Waals surface area contributed by atoms with Gasteiger partial charge < -0.3 is 26.1 Å². The second kappa shape index (κ2) is 7.17. The van der Waals surface area contributed by atoms with Crippen LogP contribution in [-0.2, 0) is 11.2 Å². The molecular weight excluding hydrogens is 316 g/mol. The SMILES string of the molecule is CC1CCc2c(ccc(/C(C=N)=C/NC3CC3)c2OCC(N)=O)N1C. The number of nitrogens with two attached hydrogens (primary N) is 1. The average Bonchev–Trinajstić information content (AvgIpc) is 3.41. The number of hydrogen-bond acceptors (Lipinski definition) is 5. The number of hydrogen-bond donors (Lipinski definition) is 3. The Hall–Kier alpha value is -2.50. The number of nitrogens with one attached hydrogen (secondary N) is 2. The number of rotatable bonds is 7. The summed E-state index contributed by atoms with van der Waals surface area (Å²) in [5, 5.41) is 11.1. The first kappa shape index (κ1) is 17.3. The highest BCUT2D eigenvalue weighted by Crippen LogP contribution is 2.40. The van der Waals surface area contributed by atoms with Gasteiger partial charge in [0, 0.05) is 53.9 Å². The second-order valence-corrected chi connectivity index (χ2v) is 6.88. The smallest absolute Gasteiger partial charge is 0.255 e. The third-order valence-electron chi connectivity index (χ3n) is 4.97. The Balaban J connectivity index is 2.02. The number of carbonyl (C=O) groups excluding carboxylic acids is 1. The van der Waals surface area contributed by atoms with Crippen LogP contribution < -0.4 is 20.7 Å². The first-order valence-corrected chi connectivity index (χ1v) is 8.78. The first-order valence-electron chi connectivity index (χ1n) is 8.78. The van der Waals surface area contributed by atoms with Crippen molar-refractivity contribution in [2.75, 3.05) is 18.6 Å². The lowest BCUT2D eigenvalue weighted by atomic mass is 9.92. The van der Waals surface area contributed by atoms with Crippen LogP contribution in [0.2, 0.25) is 0 Å². The van der Waals surface area contributed by atoms with Crippen LogP contribution in [0.4, 0.5) is 5.69 Å². The molecule has 2 aliphatic rings. The summed E-state index contributed by atoms with van der Waals surface area (Å²) in [7, 11) is 2.07. The first-order chi connectivity index (χ1) is 12.0. The molecule has 134 valence electrons. The third kappa shape index (κ3) is 3.78. The molecule has 1 aliphatic carbocycles. The summed E-state index contributed by atoms with van der Waals surface area (Å²) in [5.74, 6) is 0.167. The molecule has 1 unspecified atom stereocenters. The molecule has 1 amide bonds. The summed E-state index contributed by atoms with van der Waals surface area (Å²) in [5.41, 5.74) is 9.05. The summed E-state index contributed by atoms with van der Waals surface area (Å²) in [6.07, 6.45) is 7.43. The molecule has 1 atom stereocenters. The van der Waals surface area contributed by atoms with Crippen LogP contribution in [0.25, 0.3) is 5.57 Å². The van der Waals surface area contributed by atoms with Gasteiger partial charge in [-0.25, -0.2) is 0 Å². The summed E-state index contributed by atoms with van der Waals surface area (Å²) < 4.78 is 5.81. The zero-order chi connectivity index (χ0) is 18.0. The van der Waals surface area contributed by atoms with Crippen molar-refractivity contribution in [2.24, 2.45) is 5.73 Å². The molecule has 6 heteroatoms. The minimum Gasteiger partial charge on any atom is -0.483 e. The van der Waals surface area contributed by atoms with Gasteiger partial charge in [0.1, 0.15) is 5.75 Å². The Morgan fingerprint density at radius 2 is 2.20 bits per heavy atom. The highest BCUT2D eigenvalue weighted by Gasteiger charge is 2.26. The predicted molar refractivity (Wildman–Crippen MR) is 100 cm³/mol. The van der Waals surface area contributed by atoms with Gasteiger partial charge in [0.05, 0.1) is 0 Å². The zero-order valence-electron chi connectivity index (χ0n) is 14.8. The monoisotopic (exact) mass is 342 g/mol. The minimum atomic E-state index is -0.502. The van der Waals surface area contributed by atoms with Gasteiger partial charge in [0.25, 0.3) is 5.91 Å². The van der Waals surface area contributed by atoms with Gasteiger partial charge in [-0.15, -0.1) is 0 Å². The van der Waals surface area contributed by atoms with E-state index in [0.717, 1.165) is 35.2 Å². The maximum atomic E-state index is 11.2. The van der Waals surface area contributed by atoms with E-state index in [1.165, 1.54) is 19.1 Å². The minimum absolute atomic E-state index is 0.163. The maximum Gasteiger partial charge on any atom is 0.255 e. The Kier molecular flexibility index (Phi) is 4.97. The predicted octanol–water partition coefficient (Wildman–Crippen LogP) is 2.06. The number of fused-ring (bicyclic) bond motifs is 1. The average molecular weight is 342 g/mol. The standard InChI is InChI=1S/C19H26N4O2/c1-12-3-6-16-17(23(12)2)8-7-15(19(16)25-11-18(21)24)13(9-20)10-22-14-4-5-14/h7-10,12,14,20,22H,3-6,11H2,1-2H3,(H2,21,24)/b13-10+,20-9?. The van der Waals surface area contributed by atoms with Crippen molar-refractivity contribution in [3.05, 3.63) is 29.5 Å². The van der Waals surface area contributed by atoms with Crippen molar-refractivity contribution in [3.8, 4) is 5.75 Å². The van der Waals surface area contributed by atoms with E-state index < -0.39 is 5.91 Å². The number of nitrogens with zero attached hydrogens (tertiary/aromatic N) is 1. The van der Waals surface area contributed by atoms with E-state index in [2.05, 4.69) is 30.3 Å². The van der Waals surface area contributed by atoms with Crippen LogP contribution in [0.5, 0.6) is 5.75 Å². The molecule has 1 aromatic carbocycles. The van der Waals surface area contributed by atoms with E-state index in [1.54, 1.807) is 0 Å². The lowest BCUT2D eigenvalue weighted by Crippen LogP contribution is -2.34. The molecule has 0 spiro atoms. The van der Waals surface area contributed by atoms with Crippen LogP contribution in [0, 0.1) is 5.41 Å². The Morgan fingerprint density at radius 3 is 2.84 bits per heavy atom. The van der Waals surface area contributed by atoms with Crippen LogP contribution in [-0.4, -0.2) is 37.9 Å². The molecule has 4 N–H and O–H groups in total. The van der Waals surface area contributed by atoms with Crippen LogP contribution in [0.3, 0.4) is 0 Å². The molecule has 1 saturated carbocycles. The number of primary amides is 1. The van der Waals surface area contributed by atoms with E-state index in [4.69, 9.17) is 15.9 Å². The number of carbonyl (C=O) groups is 1. The maximum absolute atomic E-state index is 11.2. The number of anilines is 1. The number of allylic oxidation sites excluding steroid dienone is 1. The van der Waals surface area contributed by atoms with E-state index in [9.17, 15) is 4.79 Å². The second-order valence-electron chi connectivity index (χ2n) is 6.88. The lowest BCUT2D eigenvalue weighted by molar-refractivity contribution is -0.119. The molecule has 0 saturated heterocycles. The molecule has 1 fully saturated rings. The molecule has 1 aromatic rings. The topological polar surface area (TPSA) is 91.4 Å². The zero-order valence-corrected chi connectivity index (χ0v) is 14.8. The van der Waals surface area contributed by atoms with Gasteiger partial charge in [0.2, 0.25) is 0 Å². The van der Waals surface area contributed by atoms with E-state index >= 15 is 0 Å². The molecule has 1 aliphatic heterocycles. The van der Waals surface area contributed by atoms with E-state index in [-0.39, 0.29) is 6.61 Å². The molecule has 0 radical (unpaired) electrons. The molecular formula is C19H26N4O2. The Labute approximate surface area is 148 Å². The van der Waals surface area contributed by atoms with Gasteiger partial charge in [-0.1, -0.05) is 0 Å². The number of amides is 1. The lowest BCUT2D eigenvalue weighted by Gasteiger charge is -2.35. The van der Waals surface area contributed by atoms with Crippen LogP contribution >= 0.6 is 0 Å². The number of ether oxygens (including phenoxy) is 1. The fourth-order valence-corrected chi connectivity index (χ4v) is 3.16. The van der Waals surface area contributed by atoms with E-state index in [0.29, 0.717) is 17.8 Å². The summed E-state index contributed by atoms with van der Waals surface area (Å²) >= 11 is 0. The van der Waals surface area contributed by atoms with Crippen molar-refractivity contribution in [1.82, 2.24) is 5.32 Å². The third-order valence-corrected chi connectivity index (χ3v) is 4.97.